The molecule has 0 spiro atoms. The molecule has 0 aliphatic heterocycles. The van der Waals surface area contributed by atoms with E-state index in [1.54, 1.807) is 6.08 Å². The zero-order chi connectivity index (χ0) is 18.9. The van der Waals surface area contributed by atoms with Gasteiger partial charge in [0.2, 0.25) is 5.91 Å². The Labute approximate surface area is 154 Å². The molecule has 0 radical (unpaired) electrons. The van der Waals surface area contributed by atoms with Gasteiger partial charge in [-0.25, -0.2) is 0 Å². The van der Waals surface area contributed by atoms with Crippen LogP contribution in [0, 0.1) is 5.41 Å². The average Bonchev–Trinajstić information content (AvgIpc) is 2.51. The maximum atomic E-state index is 11.6. The fourth-order valence-electron chi connectivity index (χ4n) is 3.19. The van der Waals surface area contributed by atoms with E-state index in [-0.39, 0.29) is 11.3 Å². The summed E-state index contributed by atoms with van der Waals surface area (Å²) in [4.78, 5) is 11.6. The minimum absolute atomic E-state index is 0.0217. The molecule has 0 aromatic heterocycles. The summed E-state index contributed by atoms with van der Waals surface area (Å²) in [7, 11) is 0. The van der Waals surface area contributed by atoms with Crippen LogP contribution in [0.15, 0.2) is 58.7 Å². The number of hydrogen-bond donors (Lipinski definition) is 1. The van der Waals surface area contributed by atoms with Gasteiger partial charge in [-0.3, -0.25) is 4.79 Å². The second kappa shape index (κ2) is 10.2. The average molecular weight is 342 g/mol. The van der Waals surface area contributed by atoms with Crippen molar-refractivity contribution in [3.05, 3.63) is 58.7 Å². The molecule has 0 aromatic carbocycles. The van der Waals surface area contributed by atoms with Crippen molar-refractivity contribution >= 4 is 5.91 Å². The molecule has 0 saturated heterocycles. The number of nitrogens with one attached hydrogen (secondary N) is 1. The van der Waals surface area contributed by atoms with Crippen molar-refractivity contribution in [3.8, 4) is 0 Å². The zero-order valence-electron chi connectivity index (χ0n) is 16.9. The van der Waals surface area contributed by atoms with Crippen LogP contribution in [-0.4, -0.2) is 12.5 Å². The number of carbonyl (C=O) groups is 1. The molecular weight excluding hydrogens is 306 g/mol. The fourth-order valence-corrected chi connectivity index (χ4v) is 3.19. The summed E-state index contributed by atoms with van der Waals surface area (Å²) in [6.07, 6.45) is 16.9. The SMILES string of the molecule is CCCNC(=O)/C=C(C)/C=C/C=C(C)/C=C/C1=C(C)CCCC1(C)C. The summed E-state index contributed by atoms with van der Waals surface area (Å²) >= 11 is 0. The van der Waals surface area contributed by atoms with E-state index in [0.717, 1.165) is 18.5 Å². The Morgan fingerprint density at radius 1 is 1.20 bits per heavy atom. The number of hydrogen-bond acceptors (Lipinski definition) is 1. The number of allylic oxidation sites excluding steroid dienone is 9. The Hall–Kier alpha value is -1.83. The third-order valence-electron chi connectivity index (χ3n) is 4.68. The summed E-state index contributed by atoms with van der Waals surface area (Å²) in [6, 6.07) is 0. The fraction of sp³-hybridized carbons (Fsp3) is 0.522. The monoisotopic (exact) mass is 341 g/mol. The molecule has 0 heterocycles. The lowest BCUT2D eigenvalue weighted by Crippen LogP contribution is -2.21. The molecule has 25 heavy (non-hydrogen) atoms. The predicted octanol–water partition coefficient (Wildman–Crippen LogP) is 6.04. The van der Waals surface area contributed by atoms with E-state index in [1.807, 2.05) is 26.0 Å². The van der Waals surface area contributed by atoms with Crippen molar-refractivity contribution in [1.82, 2.24) is 5.32 Å². The van der Waals surface area contributed by atoms with Gasteiger partial charge in [0, 0.05) is 12.6 Å². The Bertz CT molecular complexity index is 612. The normalized spacial score (nSPS) is 19.1. The maximum Gasteiger partial charge on any atom is 0.244 e. The Balaban J connectivity index is 2.69. The molecule has 0 fully saturated rings. The summed E-state index contributed by atoms with van der Waals surface area (Å²) < 4.78 is 0. The van der Waals surface area contributed by atoms with Gasteiger partial charge in [-0.05, 0) is 63.0 Å². The molecule has 0 bridgehead atoms. The minimum Gasteiger partial charge on any atom is -0.353 e. The Morgan fingerprint density at radius 3 is 2.56 bits per heavy atom. The summed E-state index contributed by atoms with van der Waals surface area (Å²) in [5, 5.41) is 2.85. The topological polar surface area (TPSA) is 29.1 Å². The van der Waals surface area contributed by atoms with Crippen molar-refractivity contribution in [2.24, 2.45) is 5.41 Å². The summed E-state index contributed by atoms with van der Waals surface area (Å²) in [5.74, 6) is -0.0217. The first-order valence-corrected chi connectivity index (χ1v) is 9.45. The third-order valence-corrected chi connectivity index (χ3v) is 4.68. The van der Waals surface area contributed by atoms with Crippen molar-refractivity contribution in [3.63, 3.8) is 0 Å². The van der Waals surface area contributed by atoms with Crippen LogP contribution in [0.5, 0.6) is 0 Å². The van der Waals surface area contributed by atoms with Gasteiger partial charge in [-0.15, -0.1) is 0 Å². The quantitative estimate of drug-likeness (QED) is 0.443. The van der Waals surface area contributed by atoms with Crippen LogP contribution in [0.25, 0.3) is 0 Å². The lowest BCUT2D eigenvalue weighted by molar-refractivity contribution is -0.116. The van der Waals surface area contributed by atoms with Crippen LogP contribution >= 0.6 is 0 Å². The van der Waals surface area contributed by atoms with Crippen molar-refractivity contribution < 1.29 is 4.79 Å². The third kappa shape index (κ3) is 7.72. The highest BCUT2D eigenvalue weighted by molar-refractivity contribution is 5.88. The van der Waals surface area contributed by atoms with Gasteiger partial charge >= 0.3 is 0 Å². The largest absolute Gasteiger partial charge is 0.353 e. The number of carbonyl (C=O) groups excluding carboxylic acids is 1. The zero-order valence-corrected chi connectivity index (χ0v) is 16.9. The molecule has 1 aliphatic carbocycles. The first-order chi connectivity index (χ1) is 11.8. The number of rotatable bonds is 7. The standard InChI is InChI=1S/C23H35NO/c1-7-16-24-22(25)17-19(3)11-8-10-18(2)13-14-21-20(4)12-9-15-23(21,5)6/h8,10-11,13-14,17H,7,9,12,15-16H2,1-6H3,(H,24,25)/b11-8+,14-13+,18-10+,19-17+. The van der Waals surface area contributed by atoms with Gasteiger partial charge in [-0.1, -0.05) is 62.3 Å². The molecule has 0 atom stereocenters. The second-order valence-corrected chi connectivity index (χ2v) is 7.71. The first-order valence-electron chi connectivity index (χ1n) is 9.45. The molecule has 1 rings (SSSR count). The molecule has 2 heteroatoms. The molecule has 2 nitrogen and oxygen atoms in total. The van der Waals surface area contributed by atoms with Gasteiger partial charge in [0.1, 0.15) is 0 Å². The molecular formula is C23H35NO. The van der Waals surface area contributed by atoms with Gasteiger partial charge in [-0.2, -0.15) is 0 Å². The van der Waals surface area contributed by atoms with Crippen molar-refractivity contribution in [1.29, 1.82) is 0 Å². The molecule has 0 unspecified atom stereocenters. The van der Waals surface area contributed by atoms with Crippen LogP contribution in [0.1, 0.15) is 67.2 Å². The Kier molecular flexibility index (Phi) is 8.68. The Morgan fingerprint density at radius 2 is 1.92 bits per heavy atom. The van der Waals surface area contributed by atoms with Crippen molar-refractivity contribution in [2.45, 2.75) is 67.2 Å². The second-order valence-electron chi connectivity index (χ2n) is 7.71. The van der Waals surface area contributed by atoms with E-state index in [0.29, 0.717) is 0 Å². The van der Waals surface area contributed by atoms with E-state index in [1.165, 1.54) is 36.0 Å². The van der Waals surface area contributed by atoms with Gasteiger partial charge in [0.25, 0.3) is 0 Å². The molecule has 138 valence electrons. The molecule has 1 amide bonds. The van der Waals surface area contributed by atoms with E-state index >= 15 is 0 Å². The lowest BCUT2D eigenvalue weighted by atomic mass is 9.72. The van der Waals surface area contributed by atoms with Gasteiger partial charge < -0.3 is 5.32 Å². The van der Waals surface area contributed by atoms with Gasteiger partial charge in [0.05, 0.1) is 0 Å². The minimum atomic E-state index is -0.0217. The highest BCUT2D eigenvalue weighted by Crippen LogP contribution is 2.40. The van der Waals surface area contributed by atoms with Crippen molar-refractivity contribution in [2.75, 3.05) is 6.54 Å². The van der Waals surface area contributed by atoms with E-state index in [9.17, 15) is 4.79 Å². The highest BCUT2D eigenvalue weighted by Gasteiger charge is 2.26. The van der Waals surface area contributed by atoms with Crippen LogP contribution in [0.2, 0.25) is 0 Å². The van der Waals surface area contributed by atoms with E-state index < -0.39 is 0 Å². The summed E-state index contributed by atoms with van der Waals surface area (Å²) in [6.45, 7) is 13.8. The number of amides is 1. The molecule has 0 aromatic rings. The van der Waals surface area contributed by atoms with Crippen LogP contribution in [0.3, 0.4) is 0 Å². The van der Waals surface area contributed by atoms with E-state index in [2.05, 4.69) is 51.2 Å². The van der Waals surface area contributed by atoms with Crippen LogP contribution in [0.4, 0.5) is 0 Å². The maximum absolute atomic E-state index is 11.6. The van der Waals surface area contributed by atoms with Crippen LogP contribution in [-0.2, 0) is 4.79 Å². The first kappa shape index (κ1) is 21.2. The lowest BCUT2D eigenvalue weighted by Gasteiger charge is -2.32. The smallest absolute Gasteiger partial charge is 0.244 e. The van der Waals surface area contributed by atoms with Crippen LogP contribution < -0.4 is 5.32 Å². The molecule has 0 saturated carbocycles. The van der Waals surface area contributed by atoms with Gasteiger partial charge in [0.15, 0.2) is 0 Å². The highest BCUT2D eigenvalue weighted by atomic mass is 16.1. The molecule has 1 N–H and O–H groups in total. The predicted molar refractivity (Wildman–Crippen MR) is 109 cm³/mol. The van der Waals surface area contributed by atoms with E-state index in [4.69, 9.17) is 0 Å². The summed E-state index contributed by atoms with van der Waals surface area (Å²) in [5.41, 5.74) is 5.45. The molecule has 1 aliphatic rings.